The van der Waals surface area contributed by atoms with Crippen molar-refractivity contribution in [3.8, 4) is 0 Å². The molecule has 0 aromatic carbocycles. The van der Waals surface area contributed by atoms with E-state index in [-0.39, 0.29) is 25.5 Å². The van der Waals surface area contributed by atoms with Gasteiger partial charge in [-0.15, -0.1) is 12.6 Å². The molecule has 0 rings (SSSR count). The molecular formula is C6H12N2S3Zn+2. The summed E-state index contributed by atoms with van der Waals surface area (Å²) < 4.78 is 0.515. The van der Waals surface area contributed by atoms with Gasteiger partial charge in [0.05, 0.1) is 4.99 Å². The molecule has 0 aliphatic heterocycles. The van der Waals surface area contributed by atoms with Crippen LogP contribution in [-0.4, -0.2) is 21.9 Å². The van der Waals surface area contributed by atoms with Gasteiger partial charge in [0.2, 0.25) is 0 Å². The second-order valence-corrected chi connectivity index (χ2v) is 4.06. The van der Waals surface area contributed by atoms with Gasteiger partial charge in [-0.3, -0.25) is 0 Å². The summed E-state index contributed by atoms with van der Waals surface area (Å²) in [6.45, 7) is 4.63. The molecule has 0 radical (unpaired) electrons. The Hall–Kier alpha value is 0.753. The van der Waals surface area contributed by atoms with E-state index < -0.39 is 0 Å². The Morgan fingerprint density at radius 3 is 2.33 bits per heavy atom. The van der Waals surface area contributed by atoms with Gasteiger partial charge in [-0.05, 0) is 13.8 Å². The SMILES string of the molecule is CC(=S)NCC(C)NC(=S)S.[Zn+2]. The molecule has 0 spiro atoms. The van der Waals surface area contributed by atoms with Gasteiger partial charge in [0.1, 0.15) is 4.32 Å². The summed E-state index contributed by atoms with van der Waals surface area (Å²) in [4.78, 5) is 0.795. The van der Waals surface area contributed by atoms with Gasteiger partial charge in [-0.1, -0.05) is 24.4 Å². The van der Waals surface area contributed by atoms with Crippen LogP contribution in [0.2, 0.25) is 0 Å². The van der Waals surface area contributed by atoms with E-state index in [1.807, 2.05) is 13.8 Å². The largest absolute Gasteiger partial charge is 2.00 e. The first-order valence-corrected chi connectivity index (χ1v) is 4.52. The maximum atomic E-state index is 4.84. The van der Waals surface area contributed by atoms with Crippen LogP contribution in [0.5, 0.6) is 0 Å². The topological polar surface area (TPSA) is 24.1 Å². The minimum Gasteiger partial charge on any atom is -0.378 e. The summed E-state index contributed by atoms with van der Waals surface area (Å²) in [6, 6.07) is 0.262. The smallest absolute Gasteiger partial charge is 0.378 e. The molecule has 1 atom stereocenters. The third-order valence-corrected chi connectivity index (χ3v) is 1.42. The van der Waals surface area contributed by atoms with E-state index in [9.17, 15) is 0 Å². The minimum atomic E-state index is 0. The van der Waals surface area contributed by atoms with Crippen LogP contribution in [0.25, 0.3) is 0 Å². The van der Waals surface area contributed by atoms with Crippen LogP contribution in [0.15, 0.2) is 0 Å². The molecule has 0 aromatic heterocycles. The predicted octanol–water partition coefficient (Wildman–Crippen LogP) is 1.11. The van der Waals surface area contributed by atoms with Gasteiger partial charge in [0.15, 0.2) is 0 Å². The zero-order valence-electron chi connectivity index (χ0n) is 7.26. The van der Waals surface area contributed by atoms with Gasteiger partial charge < -0.3 is 10.6 Å². The van der Waals surface area contributed by atoms with Gasteiger partial charge >= 0.3 is 19.5 Å². The molecule has 2 N–H and O–H groups in total. The van der Waals surface area contributed by atoms with Crippen molar-refractivity contribution < 1.29 is 19.5 Å². The average molecular weight is 274 g/mol. The van der Waals surface area contributed by atoms with Crippen LogP contribution in [0, 0.1) is 0 Å². The van der Waals surface area contributed by atoms with Crippen molar-refractivity contribution in [3.05, 3.63) is 0 Å². The predicted molar refractivity (Wildman–Crippen MR) is 60.5 cm³/mol. The summed E-state index contributed by atoms with van der Waals surface area (Å²) in [5.74, 6) is 0. The third-order valence-electron chi connectivity index (χ3n) is 1.03. The molecule has 0 saturated carbocycles. The molecule has 0 heterocycles. The fraction of sp³-hybridized carbons (Fsp3) is 0.667. The summed E-state index contributed by atoms with van der Waals surface area (Å²) in [5.41, 5.74) is 0. The second-order valence-electron chi connectivity index (χ2n) is 2.29. The second kappa shape index (κ2) is 8.36. The van der Waals surface area contributed by atoms with Crippen molar-refractivity contribution in [2.45, 2.75) is 19.9 Å². The average Bonchev–Trinajstić information content (AvgIpc) is 1.82. The first-order chi connectivity index (χ1) is 5.02. The number of thiocarbonyl (C=S) groups is 2. The molecule has 64 valence electrons. The zero-order chi connectivity index (χ0) is 8.85. The molecule has 12 heavy (non-hydrogen) atoms. The van der Waals surface area contributed by atoms with Gasteiger partial charge in [0.25, 0.3) is 0 Å². The molecule has 0 fully saturated rings. The molecule has 0 saturated heterocycles. The zero-order valence-corrected chi connectivity index (χ0v) is 12.7. The standard InChI is InChI=1S/C6H12N2S3.Zn/c1-4(8-6(10)11)3-7-5(2)9;/h4H,3H2,1-2H3,(H,7,9)(H2,8,10,11);/q;+2. The van der Waals surface area contributed by atoms with E-state index in [0.29, 0.717) is 4.32 Å². The van der Waals surface area contributed by atoms with Crippen molar-refractivity contribution in [1.82, 2.24) is 10.6 Å². The van der Waals surface area contributed by atoms with Crippen molar-refractivity contribution in [2.24, 2.45) is 0 Å². The number of hydrogen-bond acceptors (Lipinski definition) is 2. The van der Waals surface area contributed by atoms with Crippen LogP contribution >= 0.6 is 37.1 Å². The van der Waals surface area contributed by atoms with Crippen LogP contribution < -0.4 is 10.6 Å². The number of hydrogen-bond donors (Lipinski definition) is 3. The van der Waals surface area contributed by atoms with E-state index >= 15 is 0 Å². The molecule has 6 heteroatoms. The molecule has 0 amide bonds. The van der Waals surface area contributed by atoms with Crippen LogP contribution in [0.3, 0.4) is 0 Å². The molecule has 0 aliphatic carbocycles. The van der Waals surface area contributed by atoms with E-state index in [0.717, 1.165) is 11.5 Å². The van der Waals surface area contributed by atoms with Gasteiger partial charge in [-0.2, -0.15) is 0 Å². The van der Waals surface area contributed by atoms with Crippen molar-refractivity contribution >= 4 is 46.4 Å². The molecule has 2 nitrogen and oxygen atoms in total. The Bertz CT molecular complexity index is 163. The molecule has 0 aromatic rings. The monoisotopic (exact) mass is 272 g/mol. The first-order valence-electron chi connectivity index (χ1n) is 3.26. The fourth-order valence-electron chi connectivity index (χ4n) is 0.559. The Balaban J connectivity index is 0. The summed E-state index contributed by atoms with van der Waals surface area (Å²) in [7, 11) is 0. The fourth-order valence-corrected chi connectivity index (χ4v) is 1.06. The van der Waals surface area contributed by atoms with Crippen molar-refractivity contribution in [2.75, 3.05) is 6.54 Å². The van der Waals surface area contributed by atoms with E-state index in [2.05, 4.69) is 23.3 Å². The Morgan fingerprint density at radius 2 is 2.00 bits per heavy atom. The van der Waals surface area contributed by atoms with Gasteiger partial charge in [0, 0.05) is 12.6 Å². The normalized spacial score (nSPS) is 10.9. The molecule has 0 bridgehead atoms. The van der Waals surface area contributed by atoms with Crippen LogP contribution in [-0.2, 0) is 19.5 Å². The Morgan fingerprint density at radius 1 is 1.50 bits per heavy atom. The minimum absolute atomic E-state index is 0. The maximum absolute atomic E-state index is 4.84. The van der Waals surface area contributed by atoms with Crippen molar-refractivity contribution in [3.63, 3.8) is 0 Å². The molecule has 1 unspecified atom stereocenters. The number of thiol groups is 1. The third kappa shape index (κ3) is 10.8. The maximum Gasteiger partial charge on any atom is 2.00 e. The van der Waals surface area contributed by atoms with E-state index in [4.69, 9.17) is 24.4 Å². The van der Waals surface area contributed by atoms with Crippen LogP contribution in [0.4, 0.5) is 0 Å². The van der Waals surface area contributed by atoms with Crippen LogP contribution in [0.1, 0.15) is 13.8 Å². The van der Waals surface area contributed by atoms with E-state index in [1.165, 1.54) is 0 Å². The van der Waals surface area contributed by atoms with E-state index in [1.54, 1.807) is 0 Å². The first kappa shape index (κ1) is 15.2. The Labute approximate surface area is 102 Å². The quantitative estimate of drug-likeness (QED) is 0.408. The van der Waals surface area contributed by atoms with Gasteiger partial charge in [-0.25, -0.2) is 0 Å². The molecular weight excluding hydrogens is 262 g/mol. The number of nitrogens with one attached hydrogen (secondary N) is 2. The van der Waals surface area contributed by atoms with Crippen molar-refractivity contribution in [1.29, 1.82) is 0 Å². The molecule has 0 aliphatic rings. The summed E-state index contributed by atoms with van der Waals surface area (Å²) >= 11 is 13.5. The number of rotatable bonds is 3. The summed E-state index contributed by atoms with van der Waals surface area (Å²) in [6.07, 6.45) is 0. The Kier molecular flexibility index (Phi) is 10.6. The summed E-state index contributed by atoms with van der Waals surface area (Å²) in [5, 5.41) is 6.00.